The average molecular weight is 393 g/mol. The molecule has 2 aromatic rings. The maximum Gasteiger partial charge on any atom is 0.341 e. The topological polar surface area (TPSA) is 68.2 Å². The summed E-state index contributed by atoms with van der Waals surface area (Å²) in [4.78, 5) is 13.6. The highest BCUT2D eigenvalue weighted by Gasteiger charge is 2.28. The fourth-order valence-electron chi connectivity index (χ4n) is 3.15. The number of nitrogens with zero attached hydrogens (tertiary/aromatic N) is 2. The van der Waals surface area contributed by atoms with Crippen LogP contribution in [0.25, 0.3) is 0 Å². The molecule has 1 aliphatic rings. The third kappa shape index (κ3) is 4.07. The summed E-state index contributed by atoms with van der Waals surface area (Å²) >= 11 is 7.02. The van der Waals surface area contributed by atoms with E-state index in [-0.39, 0.29) is 5.97 Å². The summed E-state index contributed by atoms with van der Waals surface area (Å²) in [5.74, 6) is 0.335. The molecule has 140 valence electrons. The zero-order chi connectivity index (χ0) is 18.7. The second kappa shape index (κ2) is 8.18. The van der Waals surface area contributed by atoms with E-state index in [1.54, 1.807) is 11.3 Å². The van der Waals surface area contributed by atoms with Crippen LogP contribution >= 0.6 is 23.6 Å². The Balaban J connectivity index is 1.71. The van der Waals surface area contributed by atoms with Crippen molar-refractivity contribution in [2.24, 2.45) is 5.92 Å². The highest BCUT2D eigenvalue weighted by molar-refractivity contribution is 7.80. The van der Waals surface area contributed by atoms with Gasteiger partial charge in [-0.2, -0.15) is 5.10 Å². The Morgan fingerprint density at radius 3 is 3.04 bits per heavy atom. The van der Waals surface area contributed by atoms with Gasteiger partial charge in [0.25, 0.3) is 0 Å². The van der Waals surface area contributed by atoms with Crippen LogP contribution in [0.2, 0.25) is 0 Å². The molecule has 0 aliphatic heterocycles. The van der Waals surface area contributed by atoms with E-state index in [2.05, 4.69) is 22.7 Å². The number of hydrogen-bond acceptors (Lipinski definition) is 5. The zero-order valence-electron chi connectivity index (χ0n) is 15.3. The second-order valence-corrected chi connectivity index (χ2v) is 8.03. The summed E-state index contributed by atoms with van der Waals surface area (Å²) in [6.07, 6.45) is 4.95. The van der Waals surface area contributed by atoms with Gasteiger partial charge in [-0.1, -0.05) is 6.92 Å². The first-order chi connectivity index (χ1) is 12.5. The number of anilines is 1. The number of esters is 1. The van der Waals surface area contributed by atoms with Crippen molar-refractivity contribution in [3.05, 3.63) is 34.0 Å². The molecule has 0 aromatic carbocycles. The molecule has 1 aliphatic carbocycles. The van der Waals surface area contributed by atoms with Gasteiger partial charge in [0.2, 0.25) is 0 Å². The highest BCUT2D eigenvalue weighted by Crippen LogP contribution is 2.39. The number of ether oxygens (including phenoxy) is 1. The van der Waals surface area contributed by atoms with Crippen molar-refractivity contribution in [3.8, 4) is 0 Å². The molecule has 1 unspecified atom stereocenters. The van der Waals surface area contributed by atoms with Crippen molar-refractivity contribution in [1.82, 2.24) is 15.1 Å². The van der Waals surface area contributed by atoms with E-state index in [9.17, 15) is 4.79 Å². The maximum atomic E-state index is 12.3. The number of carbonyl (C=O) groups is 1. The molecular formula is C18H24N4O2S2. The lowest BCUT2D eigenvalue weighted by Crippen LogP contribution is -2.28. The van der Waals surface area contributed by atoms with Gasteiger partial charge in [0.1, 0.15) is 5.00 Å². The summed E-state index contributed by atoms with van der Waals surface area (Å²) in [6, 6.07) is 1.96. The van der Waals surface area contributed by atoms with Gasteiger partial charge in [-0.25, -0.2) is 4.79 Å². The van der Waals surface area contributed by atoms with Crippen molar-refractivity contribution in [3.63, 3.8) is 0 Å². The number of hydrogen-bond donors (Lipinski definition) is 2. The number of fused-ring (bicyclic) bond motifs is 1. The van der Waals surface area contributed by atoms with E-state index < -0.39 is 0 Å². The number of nitrogens with one attached hydrogen (secondary N) is 2. The smallest absolute Gasteiger partial charge is 0.341 e. The molecule has 2 N–H and O–H groups in total. The molecule has 0 bridgehead atoms. The molecule has 1 atom stereocenters. The van der Waals surface area contributed by atoms with Gasteiger partial charge in [0.15, 0.2) is 5.11 Å². The summed E-state index contributed by atoms with van der Waals surface area (Å²) in [5.41, 5.74) is 2.68. The van der Waals surface area contributed by atoms with Crippen LogP contribution < -0.4 is 10.6 Å². The predicted molar refractivity (Wildman–Crippen MR) is 108 cm³/mol. The van der Waals surface area contributed by atoms with Crippen LogP contribution in [0.4, 0.5) is 5.00 Å². The number of methoxy groups -OCH3 is 1. The molecule has 0 fully saturated rings. The Labute approximate surface area is 162 Å². The lowest BCUT2D eigenvalue weighted by Gasteiger charge is -2.18. The van der Waals surface area contributed by atoms with Crippen molar-refractivity contribution in [1.29, 1.82) is 0 Å². The van der Waals surface area contributed by atoms with Crippen molar-refractivity contribution >= 4 is 39.6 Å². The minimum Gasteiger partial charge on any atom is -0.465 e. The molecule has 3 rings (SSSR count). The molecule has 26 heavy (non-hydrogen) atoms. The first kappa shape index (κ1) is 18.8. The van der Waals surface area contributed by atoms with Gasteiger partial charge >= 0.3 is 5.97 Å². The van der Waals surface area contributed by atoms with E-state index in [0.717, 1.165) is 42.1 Å². The fraction of sp³-hybridized carbons (Fsp3) is 0.500. The molecule has 0 amide bonds. The van der Waals surface area contributed by atoms with Crippen molar-refractivity contribution in [2.75, 3.05) is 12.4 Å². The van der Waals surface area contributed by atoms with E-state index in [1.807, 2.05) is 23.9 Å². The van der Waals surface area contributed by atoms with Crippen molar-refractivity contribution in [2.45, 2.75) is 46.2 Å². The normalized spacial score (nSPS) is 16.0. The molecule has 0 spiro atoms. The van der Waals surface area contributed by atoms with Gasteiger partial charge in [-0.3, -0.25) is 4.68 Å². The quantitative estimate of drug-likeness (QED) is 0.601. The van der Waals surface area contributed by atoms with E-state index in [1.165, 1.54) is 12.0 Å². The van der Waals surface area contributed by atoms with Crippen LogP contribution in [-0.4, -0.2) is 28.0 Å². The zero-order valence-corrected chi connectivity index (χ0v) is 16.9. The number of carbonyl (C=O) groups excluding carboxylic acids is 1. The summed E-state index contributed by atoms with van der Waals surface area (Å²) in [6.45, 7) is 5.66. The van der Waals surface area contributed by atoms with Crippen molar-refractivity contribution < 1.29 is 9.53 Å². The number of aryl methyl sites for hydroxylation is 1. The van der Waals surface area contributed by atoms with Gasteiger partial charge < -0.3 is 15.4 Å². The first-order valence-electron chi connectivity index (χ1n) is 8.81. The molecular weight excluding hydrogens is 368 g/mol. The van der Waals surface area contributed by atoms with E-state index >= 15 is 0 Å². The number of thiocarbonyl (C=S) groups is 1. The molecule has 0 radical (unpaired) electrons. The van der Waals surface area contributed by atoms with E-state index in [0.29, 0.717) is 23.1 Å². The third-order valence-electron chi connectivity index (χ3n) is 4.58. The molecule has 8 heteroatoms. The minimum atomic E-state index is -0.302. The molecule has 0 saturated heterocycles. The van der Waals surface area contributed by atoms with Gasteiger partial charge in [-0.15, -0.1) is 11.3 Å². The Bertz CT molecular complexity index is 812. The number of rotatable bonds is 5. The summed E-state index contributed by atoms with van der Waals surface area (Å²) < 4.78 is 6.88. The standard InChI is InChI=1S/C18H24N4O2S2/c1-4-22-8-7-12(21-22)10-19-18(25)20-16-15(17(23)24-3)13-6-5-11(2)9-14(13)26-16/h7-8,11H,4-6,9-10H2,1-3H3,(H2,19,20,25). The Hall–Kier alpha value is -1.93. The van der Waals surface area contributed by atoms with E-state index in [4.69, 9.17) is 17.0 Å². The Morgan fingerprint density at radius 2 is 2.35 bits per heavy atom. The largest absolute Gasteiger partial charge is 0.465 e. The third-order valence-corrected chi connectivity index (χ3v) is 5.99. The van der Waals surface area contributed by atoms with Gasteiger partial charge in [0, 0.05) is 17.6 Å². The van der Waals surface area contributed by atoms with Crippen LogP contribution in [0.15, 0.2) is 12.3 Å². The number of thiophene rings is 1. The lowest BCUT2D eigenvalue weighted by atomic mass is 9.88. The van der Waals surface area contributed by atoms with Gasteiger partial charge in [0.05, 0.1) is 24.9 Å². The SMILES string of the molecule is CCn1ccc(CNC(=S)Nc2sc3c(c2C(=O)OC)CCC(C)C3)n1. The lowest BCUT2D eigenvalue weighted by molar-refractivity contribution is 0.0601. The maximum absolute atomic E-state index is 12.3. The molecule has 2 heterocycles. The molecule has 0 saturated carbocycles. The first-order valence-corrected chi connectivity index (χ1v) is 10.0. The number of aromatic nitrogens is 2. The summed E-state index contributed by atoms with van der Waals surface area (Å²) in [5, 5.41) is 12.0. The van der Waals surface area contributed by atoms with Crippen LogP contribution in [0, 0.1) is 5.92 Å². The van der Waals surface area contributed by atoms with Gasteiger partial charge in [-0.05, 0) is 56.0 Å². The Kier molecular flexibility index (Phi) is 5.93. The second-order valence-electron chi connectivity index (χ2n) is 6.52. The fourth-order valence-corrected chi connectivity index (χ4v) is 4.79. The Morgan fingerprint density at radius 1 is 1.54 bits per heavy atom. The van der Waals surface area contributed by atoms with Crippen LogP contribution in [0.5, 0.6) is 0 Å². The summed E-state index contributed by atoms with van der Waals surface area (Å²) in [7, 11) is 1.42. The molecule has 6 nitrogen and oxygen atoms in total. The average Bonchev–Trinajstić information content (AvgIpc) is 3.22. The van der Waals surface area contributed by atoms with Crippen LogP contribution in [0.1, 0.15) is 46.8 Å². The molecule has 2 aromatic heterocycles. The highest BCUT2D eigenvalue weighted by atomic mass is 32.1. The predicted octanol–water partition coefficient (Wildman–Crippen LogP) is 3.36. The van der Waals surface area contributed by atoms with Crippen LogP contribution in [-0.2, 0) is 30.7 Å². The minimum absolute atomic E-state index is 0.302. The van der Waals surface area contributed by atoms with Crippen LogP contribution in [0.3, 0.4) is 0 Å². The monoisotopic (exact) mass is 392 g/mol.